The number of amides is 2. The van der Waals surface area contributed by atoms with Gasteiger partial charge in [0.25, 0.3) is 0 Å². The lowest BCUT2D eigenvalue weighted by Gasteiger charge is -2.25. The summed E-state index contributed by atoms with van der Waals surface area (Å²) >= 11 is 0. The van der Waals surface area contributed by atoms with Crippen LogP contribution >= 0.6 is 0 Å². The van der Waals surface area contributed by atoms with Crippen molar-refractivity contribution in [3.05, 3.63) is 22.7 Å². The lowest BCUT2D eigenvalue weighted by atomic mass is 10.0. The maximum absolute atomic E-state index is 15.1. The number of hydrogen-bond donors (Lipinski definition) is 3. The van der Waals surface area contributed by atoms with Crippen LogP contribution in [0, 0.1) is 11.8 Å². The van der Waals surface area contributed by atoms with E-state index < -0.39 is 72.2 Å². The molecule has 0 radical (unpaired) electrons. The highest BCUT2D eigenvalue weighted by Crippen LogP contribution is 2.44. The van der Waals surface area contributed by atoms with Gasteiger partial charge in [0.15, 0.2) is 6.10 Å². The number of rotatable bonds is 8. The molecular formula is C23H34F2N4O8. The molecule has 0 aromatic carbocycles. The Labute approximate surface area is 212 Å². The summed E-state index contributed by atoms with van der Waals surface area (Å²) in [4.78, 5) is 53.0. The van der Waals surface area contributed by atoms with Crippen molar-refractivity contribution in [1.29, 1.82) is 0 Å². The minimum atomic E-state index is -3.88. The standard InChI is InChI=1S/C23H34F2N4O8/c1-11(2)15(28-21(34)37-22(5,6)7)17(31)26-14-8-9-29(20(33)27-14)19-23(24,25)16(13(10-30)35-19)36-18(32)12(3)4/h8-9,11-13,15-16,19,30H,10H2,1-7H3,(H,28,34)(H,26,27,31,33)/t13-,15?,16-,19-/m1/s1. The highest BCUT2D eigenvalue weighted by atomic mass is 19.3. The number of carbonyl (C=O) groups excluding carboxylic acids is 3. The van der Waals surface area contributed by atoms with Gasteiger partial charge in [0.05, 0.1) is 12.5 Å². The van der Waals surface area contributed by atoms with Gasteiger partial charge in [-0.2, -0.15) is 13.8 Å². The third kappa shape index (κ3) is 7.44. The van der Waals surface area contributed by atoms with Gasteiger partial charge in [-0.25, -0.2) is 9.59 Å². The average molecular weight is 533 g/mol. The van der Waals surface area contributed by atoms with Gasteiger partial charge in [-0.15, -0.1) is 0 Å². The van der Waals surface area contributed by atoms with Crippen molar-refractivity contribution in [3.63, 3.8) is 0 Å². The predicted octanol–water partition coefficient (Wildman–Crippen LogP) is 1.82. The Morgan fingerprint density at radius 2 is 1.86 bits per heavy atom. The molecule has 208 valence electrons. The van der Waals surface area contributed by atoms with Crippen molar-refractivity contribution in [2.24, 2.45) is 11.8 Å². The number of carbonyl (C=O) groups is 3. The smallest absolute Gasteiger partial charge is 0.408 e. The number of alkyl carbamates (subject to hydrolysis) is 1. The van der Waals surface area contributed by atoms with Crippen LogP contribution in [0.1, 0.15) is 54.7 Å². The largest absolute Gasteiger partial charge is 0.453 e. The number of hydrogen-bond acceptors (Lipinski definition) is 9. The topological polar surface area (TPSA) is 158 Å². The fourth-order valence-electron chi connectivity index (χ4n) is 3.36. The van der Waals surface area contributed by atoms with E-state index in [0.29, 0.717) is 4.57 Å². The number of aromatic nitrogens is 2. The zero-order valence-corrected chi connectivity index (χ0v) is 21.8. The molecule has 37 heavy (non-hydrogen) atoms. The van der Waals surface area contributed by atoms with E-state index >= 15 is 8.78 Å². The predicted molar refractivity (Wildman–Crippen MR) is 126 cm³/mol. The molecule has 1 aromatic rings. The van der Waals surface area contributed by atoms with E-state index in [-0.39, 0.29) is 11.7 Å². The molecule has 1 aromatic heterocycles. The maximum Gasteiger partial charge on any atom is 0.408 e. The summed E-state index contributed by atoms with van der Waals surface area (Å²) in [6, 6.07) is 0.0358. The second-order valence-corrected chi connectivity index (χ2v) is 10.3. The molecule has 14 heteroatoms. The molecule has 1 unspecified atom stereocenters. The zero-order valence-electron chi connectivity index (χ0n) is 21.8. The number of nitrogens with one attached hydrogen (secondary N) is 2. The Hall–Kier alpha value is -3.13. The van der Waals surface area contributed by atoms with Gasteiger partial charge >= 0.3 is 23.7 Å². The Balaban J connectivity index is 2.22. The van der Waals surface area contributed by atoms with Crippen molar-refractivity contribution >= 4 is 23.8 Å². The first kappa shape index (κ1) is 30.1. The molecule has 0 spiro atoms. The Bertz CT molecular complexity index is 1050. The Kier molecular flexibility index (Phi) is 9.36. The number of aliphatic hydroxyl groups excluding tert-OH is 1. The number of halogens is 2. The van der Waals surface area contributed by atoms with E-state index in [1.165, 1.54) is 13.8 Å². The number of alkyl halides is 2. The van der Waals surface area contributed by atoms with Gasteiger partial charge in [0.1, 0.15) is 23.6 Å². The van der Waals surface area contributed by atoms with Gasteiger partial charge in [-0.3, -0.25) is 14.2 Å². The summed E-state index contributed by atoms with van der Waals surface area (Å²) in [7, 11) is 0. The van der Waals surface area contributed by atoms with Crippen molar-refractivity contribution in [2.45, 2.75) is 84.5 Å². The molecule has 0 aliphatic carbocycles. The van der Waals surface area contributed by atoms with Crippen LogP contribution < -0.4 is 16.3 Å². The molecule has 0 saturated carbocycles. The first-order valence-electron chi connectivity index (χ1n) is 11.7. The summed E-state index contributed by atoms with van der Waals surface area (Å²) in [5.74, 6) is -6.86. The lowest BCUT2D eigenvalue weighted by Crippen LogP contribution is -2.49. The molecule has 2 heterocycles. The summed E-state index contributed by atoms with van der Waals surface area (Å²) in [5, 5.41) is 14.3. The average Bonchev–Trinajstić information content (AvgIpc) is 3.00. The Morgan fingerprint density at radius 1 is 1.24 bits per heavy atom. The van der Waals surface area contributed by atoms with Gasteiger partial charge in [-0.1, -0.05) is 27.7 Å². The van der Waals surface area contributed by atoms with Crippen LogP contribution in [0.3, 0.4) is 0 Å². The number of aliphatic hydroxyl groups is 1. The molecule has 1 saturated heterocycles. The molecule has 0 bridgehead atoms. The molecule has 2 rings (SSSR count). The monoisotopic (exact) mass is 532 g/mol. The third-order valence-electron chi connectivity index (χ3n) is 5.20. The van der Waals surface area contributed by atoms with Crippen LogP contribution in [-0.2, 0) is 23.8 Å². The molecule has 1 aliphatic heterocycles. The van der Waals surface area contributed by atoms with Gasteiger partial charge in [0.2, 0.25) is 12.1 Å². The Morgan fingerprint density at radius 3 is 2.35 bits per heavy atom. The van der Waals surface area contributed by atoms with Crippen molar-refractivity contribution in [1.82, 2.24) is 14.9 Å². The van der Waals surface area contributed by atoms with Gasteiger partial charge in [-0.05, 0) is 32.8 Å². The van der Waals surface area contributed by atoms with E-state index in [1.807, 2.05) is 0 Å². The van der Waals surface area contributed by atoms with Crippen LogP contribution in [0.25, 0.3) is 0 Å². The molecule has 1 fully saturated rings. The van der Waals surface area contributed by atoms with E-state index in [0.717, 1.165) is 12.3 Å². The van der Waals surface area contributed by atoms with Crippen LogP contribution in [0.2, 0.25) is 0 Å². The molecule has 1 aliphatic rings. The van der Waals surface area contributed by atoms with E-state index in [2.05, 4.69) is 15.6 Å². The normalized spacial score (nSPS) is 22.0. The highest BCUT2D eigenvalue weighted by molar-refractivity contribution is 5.96. The number of anilines is 1. The summed E-state index contributed by atoms with van der Waals surface area (Å²) in [5.41, 5.74) is -1.99. The van der Waals surface area contributed by atoms with Crippen LogP contribution in [0.5, 0.6) is 0 Å². The molecular weight excluding hydrogens is 498 g/mol. The van der Waals surface area contributed by atoms with E-state index in [9.17, 15) is 24.3 Å². The van der Waals surface area contributed by atoms with E-state index in [4.69, 9.17) is 14.2 Å². The number of esters is 1. The first-order valence-corrected chi connectivity index (χ1v) is 11.7. The number of ether oxygens (including phenoxy) is 3. The van der Waals surface area contributed by atoms with Crippen molar-refractivity contribution < 1.29 is 42.5 Å². The van der Waals surface area contributed by atoms with Gasteiger partial charge < -0.3 is 30.0 Å². The number of nitrogens with zero attached hydrogens (tertiary/aromatic N) is 2. The highest BCUT2D eigenvalue weighted by Gasteiger charge is 2.62. The summed E-state index contributed by atoms with van der Waals surface area (Å²) < 4.78 is 45.9. The fourth-order valence-corrected chi connectivity index (χ4v) is 3.36. The second kappa shape index (κ2) is 11.5. The molecule has 2 amide bonds. The quantitative estimate of drug-likeness (QED) is 0.425. The van der Waals surface area contributed by atoms with E-state index in [1.54, 1.807) is 34.6 Å². The molecule has 4 atom stereocenters. The van der Waals surface area contributed by atoms with Crippen LogP contribution in [0.15, 0.2) is 17.1 Å². The van der Waals surface area contributed by atoms with Crippen LogP contribution in [0.4, 0.5) is 19.4 Å². The summed E-state index contributed by atoms with van der Waals surface area (Å²) in [6.07, 6.45) is -5.83. The SMILES string of the molecule is CC(C)C(=O)O[C@@H]1[C@@H](CO)O[C@@H](n2ccc(NC(=O)C(NC(=O)OC(C)(C)C)C(C)C)nc2=O)C1(F)F. The molecule has 12 nitrogen and oxygen atoms in total. The van der Waals surface area contributed by atoms with Crippen molar-refractivity contribution in [2.75, 3.05) is 11.9 Å². The summed E-state index contributed by atoms with van der Waals surface area (Å²) in [6.45, 7) is 10.3. The second-order valence-electron chi connectivity index (χ2n) is 10.3. The minimum Gasteiger partial charge on any atom is -0.453 e. The fraction of sp³-hybridized carbons (Fsp3) is 0.696. The van der Waals surface area contributed by atoms with Gasteiger partial charge in [0, 0.05) is 6.20 Å². The van der Waals surface area contributed by atoms with Crippen molar-refractivity contribution in [3.8, 4) is 0 Å². The molecule has 3 N–H and O–H groups in total. The third-order valence-corrected chi connectivity index (χ3v) is 5.20. The zero-order chi connectivity index (χ0) is 28.3. The lowest BCUT2D eigenvalue weighted by molar-refractivity contribution is -0.179. The maximum atomic E-state index is 15.1. The first-order chi connectivity index (χ1) is 17.0. The van der Waals surface area contributed by atoms with Crippen LogP contribution in [-0.4, -0.2) is 69.0 Å². The minimum absolute atomic E-state index is 0.259.